The van der Waals surface area contributed by atoms with Gasteiger partial charge in [0.05, 0.1) is 29.9 Å². The first kappa shape index (κ1) is 18.3. The van der Waals surface area contributed by atoms with Crippen molar-refractivity contribution in [2.45, 2.75) is 12.5 Å². The van der Waals surface area contributed by atoms with Crippen LogP contribution in [0, 0.1) is 0 Å². The van der Waals surface area contributed by atoms with Crippen LogP contribution in [-0.2, 0) is 18.3 Å². The Labute approximate surface area is 153 Å². The number of aliphatic carboxylic acids is 1. The number of carboxylic acids is 1. The molecule has 0 fully saturated rings. The molecule has 0 saturated carbocycles. The summed E-state index contributed by atoms with van der Waals surface area (Å²) in [5.74, 6) is -0.830. The van der Waals surface area contributed by atoms with Crippen molar-refractivity contribution in [3.05, 3.63) is 62.9 Å². The number of nitrogens with two attached hydrogens (primary N) is 1. The van der Waals surface area contributed by atoms with Crippen LogP contribution < -0.4 is 21.7 Å². The van der Waals surface area contributed by atoms with Crippen LogP contribution in [0.3, 0.4) is 0 Å². The molecule has 27 heavy (non-hydrogen) atoms. The van der Waals surface area contributed by atoms with Crippen molar-refractivity contribution in [3.63, 3.8) is 0 Å². The molecule has 0 amide bonds. The molecule has 3 N–H and O–H groups in total. The molecule has 0 aliphatic carbocycles. The predicted octanol–water partition coefficient (Wildman–Crippen LogP) is 0.0474. The van der Waals surface area contributed by atoms with Gasteiger partial charge in [-0.2, -0.15) is 0 Å². The molecule has 140 valence electrons. The summed E-state index contributed by atoms with van der Waals surface area (Å²) in [6, 6.07) is 6.90. The minimum absolute atomic E-state index is 0.142. The minimum atomic E-state index is -1.10. The van der Waals surface area contributed by atoms with E-state index in [-0.39, 0.29) is 12.3 Å². The van der Waals surface area contributed by atoms with Crippen molar-refractivity contribution < 1.29 is 14.6 Å². The first-order valence-electron chi connectivity index (χ1n) is 8.07. The van der Waals surface area contributed by atoms with Crippen molar-refractivity contribution in [1.29, 1.82) is 0 Å². The smallest absolute Gasteiger partial charge is 0.335 e. The van der Waals surface area contributed by atoms with E-state index in [0.717, 1.165) is 4.57 Å². The molecular formula is C18H18N4O5. The van der Waals surface area contributed by atoms with Crippen LogP contribution in [0.1, 0.15) is 5.56 Å². The van der Waals surface area contributed by atoms with E-state index in [1.165, 1.54) is 23.9 Å². The van der Waals surface area contributed by atoms with E-state index in [1.54, 1.807) is 31.3 Å². The van der Waals surface area contributed by atoms with Crippen molar-refractivity contribution >= 4 is 16.9 Å². The number of nitrogens with zero attached hydrogens (tertiary/aromatic N) is 3. The number of carboxylic acid groups (broad SMARTS) is 1. The quantitative estimate of drug-likeness (QED) is 0.649. The number of hydrogen-bond acceptors (Lipinski definition) is 6. The highest BCUT2D eigenvalue weighted by Crippen LogP contribution is 2.14. The van der Waals surface area contributed by atoms with Gasteiger partial charge in [-0.15, -0.1) is 0 Å². The lowest BCUT2D eigenvalue weighted by Gasteiger charge is -2.12. The van der Waals surface area contributed by atoms with Gasteiger partial charge in [0, 0.05) is 13.1 Å². The molecule has 1 atom stereocenters. The molecule has 3 rings (SSSR count). The number of ether oxygens (including phenoxy) is 1. The average molecular weight is 370 g/mol. The van der Waals surface area contributed by atoms with Gasteiger partial charge < -0.3 is 15.6 Å². The summed E-state index contributed by atoms with van der Waals surface area (Å²) >= 11 is 0. The summed E-state index contributed by atoms with van der Waals surface area (Å²) in [7, 11) is 2.99. The van der Waals surface area contributed by atoms with Crippen molar-refractivity contribution in [3.8, 4) is 11.6 Å². The molecule has 1 unspecified atom stereocenters. The first-order chi connectivity index (χ1) is 12.8. The number of benzene rings is 1. The highest BCUT2D eigenvalue weighted by molar-refractivity contribution is 5.78. The molecule has 0 radical (unpaired) electrons. The Morgan fingerprint density at radius 2 is 1.96 bits per heavy atom. The Balaban J connectivity index is 2.12. The third-order valence-corrected chi connectivity index (χ3v) is 4.31. The summed E-state index contributed by atoms with van der Waals surface area (Å²) in [5, 5.41) is 9.19. The SMILES string of the molecule is COc1cc2c(=O)n(-c3ccc(CC(N)C(=O)O)cc3)c(=O)n(C)c2cn1. The molecule has 3 aromatic rings. The molecule has 9 nitrogen and oxygen atoms in total. The molecule has 2 aromatic heterocycles. The number of aryl methyl sites for hydroxylation is 1. The van der Waals surface area contributed by atoms with E-state index in [1.807, 2.05) is 0 Å². The van der Waals surface area contributed by atoms with Gasteiger partial charge in [0.25, 0.3) is 5.56 Å². The highest BCUT2D eigenvalue weighted by atomic mass is 16.5. The average Bonchev–Trinajstić information content (AvgIpc) is 2.67. The lowest BCUT2D eigenvalue weighted by Crippen LogP contribution is -2.38. The molecule has 0 bridgehead atoms. The van der Waals surface area contributed by atoms with Crippen LogP contribution in [-0.4, -0.2) is 38.3 Å². The zero-order chi connectivity index (χ0) is 19.7. The van der Waals surface area contributed by atoms with Crippen LogP contribution in [0.5, 0.6) is 5.88 Å². The van der Waals surface area contributed by atoms with Crippen LogP contribution >= 0.6 is 0 Å². The Morgan fingerprint density at radius 1 is 1.30 bits per heavy atom. The first-order valence-corrected chi connectivity index (χ1v) is 8.07. The van der Waals surface area contributed by atoms with Crippen LogP contribution in [0.4, 0.5) is 0 Å². The zero-order valence-corrected chi connectivity index (χ0v) is 14.7. The summed E-state index contributed by atoms with van der Waals surface area (Å²) in [5.41, 5.74) is 5.96. The Kier molecular flexibility index (Phi) is 4.78. The molecule has 0 spiro atoms. The van der Waals surface area contributed by atoms with E-state index in [4.69, 9.17) is 15.6 Å². The van der Waals surface area contributed by atoms with Gasteiger partial charge in [-0.3, -0.25) is 14.2 Å². The fraction of sp³-hybridized carbons (Fsp3) is 0.222. The normalized spacial score (nSPS) is 12.1. The molecule has 9 heteroatoms. The topological polar surface area (TPSA) is 129 Å². The van der Waals surface area contributed by atoms with Gasteiger partial charge in [0.2, 0.25) is 5.88 Å². The number of aromatic nitrogens is 3. The third-order valence-electron chi connectivity index (χ3n) is 4.31. The summed E-state index contributed by atoms with van der Waals surface area (Å²) in [6.07, 6.45) is 1.56. The monoisotopic (exact) mass is 370 g/mol. The molecule has 1 aromatic carbocycles. The third kappa shape index (κ3) is 3.32. The number of fused-ring (bicyclic) bond motifs is 1. The lowest BCUT2D eigenvalue weighted by molar-refractivity contribution is -0.138. The van der Waals surface area contributed by atoms with Crippen LogP contribution in [0.2, 0.25) is 0 Å². The van der Waals surface area contributed by atoms with Gasteiger partial charge in [0.15, 0.2) is 0 Å². The molecule has 0 aliphatic heterocycles. The number of methoxy groups -OCH3 is 1. The van der Waals surface area contributed by atoms with Crippen molar-refractivity contribution in [2.24, 2.45) is 12.8 Å². The fourth-order valence-corrected chi connectivity index (χ4v) is 2.79. The second-order valence-corrected chi connectivity index (χ2v) is 6.04. The summed E-state index contributed by atoms with van der Waals surface area (Å²) < 4.78 is 7.43. The number of hydrogen-bond donors (Lipinski definition) is 2. The van der Waals surface area contributed by atoms with E-state index >= 15 is 0 Å². The standard InChI is InChI=1S/C18H18N4O5/c1-21-14-9-20-15(27-2)8-12(14)16(23)22(18(21)26)11-5-3-10(4-6-11)7-13(19)17(24)25/h3-6,8-9,13H,7,19H2,1-2H3,(H,24,25). The van der Waals surface area contributed by atoms with Gasteiger partial charge in [0.1, 0.15) is 6.04 Å². The molecule has 2 heterocycles. The van der Waals surface area contributed by atoms with Crippen molar-refractivity contribution in [2.75, 3.05) is 7.11 Å². The maximum atomic E-state index is 12.9. The summed E-state index contributed by atoms with van der Waals surface area (Å²) in [4.78, 5) is 40.5. The molecule has 0 saturated heterocycles. The maximum Gasteiger partial charge on any atom is 0.335 e. The van der Waals surface area contributed by atoms with Gasteiger partial charge >= 0.3 is 11.7 Å². The Bertz CT molecular complexity index is 1130. The number of carbonyl (C=O) groups is 1. The zero-order valence-electron chi connectivity index (χ0n) is 14.7. The Hall–Kier alpha value is -3.46. The summed E-state index contributed by atoms with van der Waals surface area (Å²) in [6.45, 7) is 0. The highest BCUT2D eigenvalue weighted by Gasteiger charge is 2.15. The second-order valence-electron chi connectivity index (χ2n) is 6.04. The van der Waals surface area contributed by atoms with Gasteiger partial charge in [-0.25, -0.2) is 14.3 Å². The molecule has 0 aliphatic rings. The minimum Gasteiger partial charge on any atom is -0.481 e. The second kappa shape index (κ2) is 7.04. The fourth-order valence-electron chi connectivity index (χ4n) is 2.79. The van der Waals surface area contributed by atoms with Crippen LogP contribution in [0.15, 0.2) is 46.1 Å². The van der Waals surface area contributed by atoms with E-state index < -0.39 is 23.3 Å². The largest absolute Gasteiger partial charge is 0.481 e. The van der Waals surface area contributed by atoms with E-state index in [9.17, 15) is 14.4 Å². The van der Waals surface area contributed by atoms with E-state index in [2.05, 4.69) is 4.98 Å². The van der Waals surface area contributed by atoms with Gasteiger partial charge in [-0.1, -0.05) is 12.1 Å². The molecular weight excluding hydrogens is 352 g/mol. The predicted molar refractivity (Wildman–Crippen MR) is 98.4 cm³/mol. The van der Waals surface area contributed by atoms with Gasteiger partial charge in [-0.05, 0) is 24.1 Å². The maximum absolute atomic E-state index is 12.9. The van der Waals surface area contributed by atoms with Crippen LogP contribution in [0.25, 0.3) is 16.6 Å². The number of rotatable bonds is 5. The number of pyridine rings is 1. The lowest BCUT2D eigenvalue weighted by atomic mass is 10.1. The Morgan fingerprint density at radius 3 is 2.56 bits per heavy atom. The van der Waals surface area contributed by atoms with Crippen molar-refractivity contribution in [1.82, 2.24) is 14.1 Å². The van der Waals surface area contributed by atoms with E-state index in [0.29, 0.717) is 22.2 Å².